The van der Waals surface area contributed by atoms with Crippen LogP contribution in [0.5, 0.6) is 0 Å². The maximum absolute atomic E-state index is 13.6. The molecule has 0 spiro atoms. The summed E-state index contributed by atoms with van der Waals surface area (Å²) < 4.78 is 40.5. The maximum Gasteiger partial charge on any atom is 0.194 e. The van der Waals surface area contributed by atoms with Crippen LogP contribution in [0.4, 0.5) is 13.2 Å². The predicted octanol–water partition coefficient (Wildman–Crippen LogP) is 6.45. The number of allylic oxidation sites excluding steroid dienone is 2. The number of benzene rings is 2. The van der Waals surface area contributed by atoms with Gasteiger partial charge in [0, 0.05) is 0 Å². The van der Waals surface area contributed by atoms with Crippen molar-refractivity contribution in [2.75, 3.05) is 0 Å². The van der Waals surface area contributed by atoms with Gasteiger partial charge in [0.05, 0.1) is 0 Å². The zero-order valence-electron chi connectivity index (χ0n) is 15.7. The van der Waals surface area contributed by atoms with Gasteiger partial charge < -0.3 is 0 Å². The molecule has 2 atom stereocenters. The molecule has 3 heteroatoms. The molecule has 0 unspecified atom stereocenters. The Hall–Kier alpha value is -2.03. The molecule has 0 N–H and O–H groups in total. The topological polar surface area (TPSA) is 0 Å². The maximum atomic E-state index is 13.6. The molecule has 0 amide bonds. The van der Waals surface area contributed by atoms with Crippen molar-refractivity contribution in [3.8, 4) is 0 Å². The summed E-state index contributed by atoms with van der Waals surface area (Å²) in [5.74, 6) is -2.88. The monoisotopic (exact) mass is 370 g/mol. The summed E-state index contributed by atoms with van der Waals surface area (Å²) in [6.45, 7) is 2.17. The van der Waals surface area contributed by atoms with Crippen molar-refractivity contribution in [1.29, 1.82) is 0 Å². The van der Waals surface area contributed by atoms with Gasteiger partial charge in [-0.2, -0.15) is 0 Å². The van der Waals surface area contributed by atoms with Crippen LogP contribution in [0.3, 0.4) is 0 Å². The first-order chi connectivity index (χ1) is 13.1. The number of halogens is 3. The molecule has 0 heterocycles. The van der Waals surface area contributed by atoms with Crippen molar-refractivity contribution in [2.45, 2.75) is 57.8 Å². The van der Waals surface area contributed by atoms with Crippen LogP contribution in [0.15, 0.2) is 36.4 Å². The summed E-state index contributed by atoms with van der Waals surface area (Å²) in [7, 11) is 0. The fourth-order valence-electron chi connectivity index (χ4n) is 4.78. The van der Waals surface area contributed by atoms with Gasteiger partial charge in [0.25, 0.3) is 0 Å². The van der Waals surface area contributed by atoms with E-state index < -0.39 is 17.5 Å². The smallest absolute Gasteiger partial charge is 0.194 e. The second-order valence-corrected chi connectivity index (χ2v) is 7.92. The Morgan fingerprint density at radius 1 is 0.926 bits per heavy atom. The van der Waals surface area contributed by atoms with Crippen LogP contribution >= 0.6 is 0 Å². The van der Waals surface area contributed by atoms with Crippen molar-refractivity contribution < 1.29 is 13.2 Å². The normalized spacial score (nSPS) is 21.9. The molecule has 27 heavy (non-hydrogen) atoms. The van der Waals surface area contributed by atoms with Crippen molar-refractivity contribution in [3.63, 3.8) is 0 Å². The lowest BCUT2D eigenvalue weighted by molar-refractivity contribution is 0.441. The van der Waals surface area contributed by atoms with Crippen LogP contribution in [-0.2, 0) is 25.7 Å². The average molecular weight is 370 g/mol. The van der Waals surface area contributed by atoms with E-state index in [0.717, 1.165) is 50.7 Å². The van der Waals surface area contributed by atoms with Gasteiger partial charge in [-0.3, -0.25) is 0 Å². The minimum atomic E-state index is -1.38. The van der Waals surface area contributed by atoms with E-state index in [1.165, 1.54) is 28.7 Å². The summed E-state index contributed by atoms with van der Waals surface area (Å²) >= 11 is 0. The molecule has 0 nitrogen and oxygen atoms in total. The van der Waals surface area contributed by atoms with Gasteiger partial charge in [0.15, 0.2) is 17.5 Å². The van der Waals surface area contributed by atoms with Crippen LogP contribution in [-0.4, -0.2) is 0 Å². The standard InChI is InChI=1S/C24H25F3/c1-2-3-4-15-5-9-20-17(11-15)6-7-18-12-16(8-10-21(18)20)19-13-22(25)24(27)23(26)14-19/h3-4,6-7,13-16H,2,5,8-12H2,1H3/b4-3+/t15-,16-/m0/s1. The molecule has 0 radical (unpaired) electrons. The van der Waals surface area contributed by atoms with E-state index in [0.29, 0.717) is 11.5 Å². The van der Waals surface area contributed by atoms with Gasteiger partial charge in [-0.05, 0) is 96.7 Å². The molecule has 0 bridgehead atoms. The van der Waals surface area contributed by atoms with Gasteiger partial charge in [0.1, 0.15) is 0 Å². The molecule has 4 rings (SSSR count). The zero-order chi connectivity index (χ0) is 19.0. The van der Waals surface area contributed by atoms with Gasteiger partial charge in [-0.1, -0.05) is 31.2 Å². The Morgan fingerprint density at radius 2 is 1.56 bits per heavy atom. The molecule has 2 aromatic rings. The number of hydrogen-bond donors (Lipinski definition) is 0. The third kappa shape index (κ3) is 3.56. The fraction of sp³-hybridized carbons (Fsp3) is 0.417. The minimum absolute atomic E-state index is 0.0453. The molecule has 142 valence electrons. The summed E-state index contributed by atoms with van der Waals surface area (Å²) in [4.78, 5) is 0. The van der Waals surface area contributed by atoms with Crippen LogP contribution in [0, 0.1) is 23.4 Å². The molecule has 2 aliphatic carbocycles. The minimum Gasteiger partial charge on any atom is -0.204 e. The Kier molecular flexibility index (Phi) is 5.12. The summed E-state index contributed by atoms with van der Waals surface area (Å²) in [5.41, 5.74) is 6.27. The number of hydrogen-bond acceptors (Lipinski definition) is 0. The van der Waals surface area contributed by atoms with E-state index in [4.69, 9.17) is 0 Å². The first kappa shape index (κ1) is 18.3. The van der Waals surface area contributed by atoms with Gasteiger partial charge in [0.2, 0.25) is 0 Å². The first-order valence-corrected chi connectivity index (χ1v) is 10.0. The van der Waals surface area contributed by atoms with Crippen LogP contribution in [0.2, 0.25) is 0 Å². The third-order valence-electron chi connectivity index (χ3n) is 6.20. The summed E-state index contributed by atoms with van der Waals surface area (Å²) in [5, 5.41) is 0. The van der Waals surface area contributed by atoms with Gasteiger partial charge in [-0.15, -0.1) is 0 Å². The molecule has 0 aliphatic heterocycles. The molecular weight excluding hydrogens is 345 g/mol. The highest BCUT2D eigenvalue weighted by Crippen LogP contribution is 2.39. The highest BCUT2D eigenvalue weighted by atomic mass is 19.2. The largest absolute Gasteiger partial charge is 0.204 e. The van der Waals surface area contributed by atoms with E-state index in [1.807, 2.05) is 0 Å². The lowest BCUT2D eigenvalue weighted by Gasteiger charge is -2.31. The molecule has 2 aromatic carbocycles. The quantitative estimate of drug-likeness (QED) is 0.430. The second-order valence-electron chi connectivity index (χ2n) is 7.92. The van der Waals surface area contributed by atoms with E-state index in [2.05, 4.69) is 31.2 Å². The van der Waals surface area contributed by atoms with Crippen LogP contribution in [0.25, 0.3) is 0 Å². The highest BCUT2D eigenvalue weighted by Gasteiger charge is 2.27. The Bertz CT molecular complexity index is 858. The lowest BCUT2D eigenvalue weighted by atomic mass is 9.74. The summed E-state index contributed by atoms with van der Waals surface area (Å²) in [6.07, 6.45) is 11.7. The van der Waals surface area contributed by atoms with Crippen molar-refractivity contribution >= 4 is 0 Å². The molecule has 0 saturated heterocycles. The molecule has 0 aromatic heterocycles. The number of rotatable bonds is 3. The average Bonchev–Trinajstić information content (AvgIpc) is 2.69. The van der Waals surface area contributed by atoms with E-state index in [1.54, 1.807) is 0 Å². The predicted molar refractivity (Wildman–Crippen MR) is 102 cm³/mol. The number of fused-ring (bicyclic) bond motifs is 3. The van der Waals surface area contributed by atoms with Gasteiger partial charge >= 0.3 is 0 Å². The molecular formula is C24H25F3. The Balaban J connectivity index is 1.58. The third-order valence-corrected chi connectivity index (χ3v) is 6.20. The highest BCUT2D eigenvalue weighted by molar-refractivity contribution is 5.46. The van der Waals surface area contributed by atoms with E-state index >= 15 is 0 Å². The molecule has 0 saturated carbocycles. The van der Waals surface area contributed by atoms with E-state index in [-0.39, 0.29) is 5.92 Å². The van der Waals surface area contributed by atoms with Crippen LogP contribution < -0.4 is 0 Å². The molecule has 0 fully saturated rings. The van der Waals surface area contributed by atoms with Crippen molar-refractivity contribution in [2.24, 2.45) is 5.92 Å². The fourth-order valence-corrected chi connectivity index (χ4v) is 4.78. The van der Waals surface area contributed by atoms with Gasteiger partial charge in [-0.25, -0.2) is 13.2 Å². The molecule has 2 aliphatic rings. The Morgan fingerprint density at radius 3 is 2.22 bits per heavy atom. The van der Waals surface area contributed by atoms with Crippen LogP contribution in [0.1, 0.15) is 59.9 Å². The summed E-state index contributed by atoms with van der Waals surface area (Å²) in [6, 6.07) is 6.77. The zero-order valence-corrected chi connectivity index (χ0v) is 15.7. The van der Waals surface area contributed by atoms with E-state index in [9.17, 15) is 13.2 Å². The van der Waals surface area contributed by atoms with Crippen molar-refractivity contribution in [1.82, 2.24) is 0 Å². The van der Waals surface area contributed by atoms with Crippen molar-refractivity contribution in [3.05, 3.63) is 81.7 Å². The first-order valence-electron chi connectivity index (χ1n) is 10.0. The second kappa shape index (κ2) is 7.53. The Labute approximate surface area is 159 Å². The SMILES string of the molecule is CC/C=C/[C@H]1CCc2c(ccc3c2CC[C@H](c2cc(F)c(F)c(F)c2)C3)C1. The lowest BCUT2D eigenvalue weighted by Crippen LogP contribution is -2.20.